The molecule has 1 N–H and O–H groups in total. The van der Waals surface area contributed by atoms with Gasteiger partial charge in [0.1, 0.15) is 0 Å². The van der Waals surface area contributed by atoms with Crippen LogP contribution in [0.5, 0.6) is 0 Å². The molecule has 2 aliphatic rings. The van der Waals surface area contributed by atoms with E-state index in [1.807, 2.05) is 35.0 Å². The summed E-state index contributed by atoms with van der Waals surface area (Å²) < 4.78 is 1.81. The number of imidazole rings is 1. The second-order valence-corrected chi connectivity index (χ2v) is 8.27. The summed E-state index contributed by atoms with van der Waals surface area (Å²) in [6, 6.07) is 8.21. The predicted molar refractivity (Wildman–Crippen MR) is 103 cm³/mol. The number of fused-ring (bicyclic) bond motifs is 2. The van der Waals surface area contributed by atoms with Crippen LogP contribution in [0.25, 0.3) is 16.2 Å². The number of anilines is 1. The van der Waals surface area contributed by atoms with E-state index in [0.717, 1.165) is 34.2 Å². The predicted octanol–water partition coefficient (Wildman–Crippen LogP) is 3.36. The second kappa shape index (κ2) is 6.25. The molecule has 5 rings (SSSR count). The Morgan fingerprint density at radius 3 is 2.81 bits per heavy atom. The quantitative estimate of drug-likeness (QED) is 0.732. The number of hydrogen-bond acceptors (Lipinski definition) is 5. The van der Waals surface area contributed by atoms with Gasteiger partial charge in [0.25, 0.3) is 0 Å². The molecule has 2 fully saturated rings. The van der Waals surface area contributed by atoms with Crippen LogP contribution in [-0.2, 0) is 4.79 Å². The lowest BCUT2D eigenvalue weighted by molar-refractivity contribution is -0.122. The Bertz CT molecular complexity index is 934. The molecular weight excluding hydrogens is 370 g/mol. The van der Waals surface area contributed by atoms with Crippen LogP contribution in [0.15, 0.2) is 30.5 Å². The van der Waals surface area contributed by atoms with Crippen LogP contribution in [0, 0.1) is 0 Å². The molecule has 0 bridgehead atoms. The van der Waals surface area contributed by atoms with Crippen molar-refractivity contribution in [3.05, 3.63) is 35.5 Å². The molecule has 0 spiro atoms. The van der Waals surface area contributed by atoms with E-state index in [1.54, 1.807) is 11.3 Å². The van der Waals surface area contributed by atoms with Gasteiger partial charge >= 0.3 is 0 Å². The molecule has 6 nitrogen and oxygen atoms in total. The Morgan fingerprint density at radius 2 is 2.00 bits per heavy atom. The van der Waals surface area contributed by atoms with E-state index in [4.69, 9.17) is 21.7 Å². The first-order chi connectivity index (χ1) is 12.7. The van der Waals surface area contributed by atoms with E-state index in [9.17, 15) is 4.79 Å². The Kier molecular flexibility index (Phi) is 3.86. The highest BCUT2D eigenvalue weighted by Crippen LogP contribution is 2.33. The zero-order chi connectivity index (χ0) is 17.7. The third-order valence-corrected chi connectivity index (χ3v) is 6.42. The first-order valence-corrected chi connectivity index (χ1v) is 10.0. The average molecular weight is 388 g/mol. The van der Waals surface area contributed by atoms with Crippen LogP contribution in [0.2, 0.25) is 5.02 Å². The van der Waals surface area contributed by atoms with Crippen LogP contribution < -0.4 is 10.2 Å². The number of benzene rings is 1. The van der Waals surface area contributed by atoms with Crippen molar-refractivity contribution in [3.8, 4) is 11.3 Å². The van der Waals surface area contributed by atoms with Crippen molar-refractivity contribution < 1.29 is 4.79 Å². The van der Waals surface area contributed by atoms with E-state index in [1.165, 1.54) is 12.8 Å². The standard InChI is InChI=1S/C18H18ClN5OS/c19-12-7-5-11(6-8-12)14-9-24-17(21-14)26-18(22-24)23-10-16(25)20-13-3-1-2-4-15(13)23/h5-9,13,15H,1-4,10H2,(H,20,25). The zero-order valence-corrected chi connectivity index (χ0v) is 15.6. The number of halogens is 1. The molecule has 1 saturated carbocycles. The average Bonchev–Trinajstić information content (AvgIpc) is 3.20. The number of amides is 1. The highest BCUT2D eigenvalue weighted by molar-refractivity contribution is 7.20. The summed E-state index contributed by atoms with van der Waals surface area (Å²) in [6.45, 7) is 0.377. The number of hydrogen-bond donors (Lipinski definition) is 1. The molecule has 134 valence electrons. The highest BCUT2D eigenvalue weighted by Gasteiger charge is 2.38. The fraction of sp³-hybridized carbons (Fsp3) is 0.389. The lowest BCUT2D eigenvalue weighted by Crippen LogP contribution is -2.61. The number of carbonyl (C=O) groups is 1. The summed E-state index contributed by atoms with van der Waals surface area (Å²) in [5.74, 6) is 0.0860. The van der Waals surface area contributed by atoms with Gasteiger partial charge in [-0.3, -0.25) is 4.79 Å². The molecule has 2 atom stereocenters. The van der Waals surface area contributed by atoms with Crippen LogP contribution in [0.3, 0.4) is 0 Å². The summed E-state index contributed by atoms with van der Waals surface area (Å²) in [7, 11) is 0. The molecule has 1 saturated heterocycles. The topological polar surface area (TPSA) is 62.5 Å². The Hall–Kier alpha value is -2.12. The first-order valence-electron chi connectivity index (χ1n) is 8.85. The van der Waals surface area contributed by atoms with E-state index >= 15 is 0 Å². The number of carbonyl (C=O) groups excluding carboxylic acids is 1. The molecule has 1 amide bonds. The van der Waals surface area contributed by atoms with Gasteiger partial charge in [0.05, 0.1) is 24.5 Å². The van der Waals surface area contributed by atoms with Gasteiger partial charge in [0.2, 0.25) is 16.0 Å². The minimum absolute atomic E-state index is 0.0860. The smallest absolute Gasteiger partial charge is 0.239 e. The molecule has 1 aliphatic carbocycles. The maximum absolute atomic E-state index is 12.1. The van der Waals surface area contributed by atoms with Gasteiger partial charge in [-0.05, 0) is 25.0 Å². The fourth-order valence-electron chi connectivity index (χ4n) is 3.95. The number of nitrogens with one attached hydrogen (secondary N) is 1. The number of aromatic nitrogens is 3. The van der Waals surface area contributed by atoms with E-state index in [0.29, 0.717) is 17.6 Å². The summed E-state index contributed by atoms with van der Waals surface area (Å²) in [5, 5.41) is 9.45. The first kappa shape index (κ1) is 16.1. The molecule has 2 unspecified atom stereocenters. The number of nitrogens with zero attached hydrogens (tertiary/aromatic N) is 4. The summed E-state index contributed by atoms with van der Waals surface area (Å²) >= 11 is 7.50. The third-order valence-electron chi connectivity index (χ3n) is 5.21. The normalized spacial score (nSPS) is 23.1. The monoisotopic (exact) mass is 387 g/mol. The molecule has 8 heteroatoms. The van der Waals surface area contributed by atoms with Gasteiger partial charge in [-0.25, -0.2) is 9.50 Å². The van der Waals surface area contributed by atoms with E-state index < -0.39 is 0 Å². The van der Waals surface area contributed by atoms with Crippen molar-refractivity contribution in [3.63, 3.8) is 0 Å². The maximum atomic E-state index is 12.1. The number of piperazine rings is 1. The van der Waals surface area contributed by atoms with E-state index in [-0.39, 0.29) is 11.9 Å². The fourth-order valence-corrected chi connectivity index (χ4v) is 5.02. The Morgan fingerprint density at radius 1 is 1.19 bits per heavy atom. The van der Waals surface area contributed by atoms with Crippen LogP contribution in [0.1, 0.15) is 25.7 Å². The van der Waals surface area contributed by atoms with E-state index in [2.05, 4.69) is 10.2 Å². The maximum Gasteiger partial charge on any atom is 0.239 e. The SMILES string of the molecule is O=C1CN(c2nn3cc(-c4ccc(Cl)cc4)nc3s2)C2CCCCC2N1. The molecule has 1 aliphatic heterocycles. The van der Waals surface area contributed by atoms with Crippen molar-refractivity contribution in [2.75, 3.05) is 11.4 Å². The minimum atomic E-state index is 0.0860. The Balaban J connectivity index is 1.47. The number of rotatable bonds is 2. The molecule has 1 aromatic carbocycles. The van der Waals surface area contributed by atoms with Gasteiger partial charge in [-0.1, -0.05) is 47.9 Å². The van der Waals surface area contributed by atoms with Gasteiger partial charge in [0.15, 0.2) is 0 Å². The van der Waals surface area contributed by atoms with Gasteiger partial charge in [-0.15, -0.1) is 5.10 Å². The molecule has 0 radical (unpaired) electrons. The van der Waals surface area contributed by atoms with Crippen LogP contribution >= 0.6 is 22.9 Å². The zero-order valence-electron chi connectivity index (χ0n) is 14.1. The van der Waals surface area contributed by atoms with Gasteiger partial charge in [0, 0.05) is 16.6 Å². The molecular formula is C18H18ClN5OS. The lowest BCUT2D eigenvalue weighted by atomic mass is 9.88. The Labute approximate surface area is 159 Å². The molecule has 26 heavy (non-hydrogen) atoms. The molecule has 3 aromatic rings. The summed E-state index contributed by atoms with van der Waals surface area (Å²) in [5.41, 5.74) is 1.89. The summed E-state index contributed by atoms with van der Waals surface area (Å²) in [4.78, 5) is 19.8. The molecule has 2 aromatic heterocycles. The molecule has 3 heterocycles. The minimum Gasteiger partial charge on any atom is -0.350 e. The second-order valence-electron chi connectivity index (χ2n) is 6.90. The van der Waals surface area contributed by atoms with Gasteiger partial charge < -0.3 is 10.2 Å². The van der Waals surface area contributed by atoms with Crippen molar-refractivity contribution in [1.82, 2.24) is 19.9 Å². The van der Waals surface area contributed by atoms with Crippen molar-refractivity contribution in [1.29, 1.82) is 0 Å². The van der Waals surface area contributed by atoms with Gasteiger partial charge in [-0.2, -0.15) is 0 Å². The van der Waals surface area contributed by atoms with Crippen LogP contribution in [-0.4, -0.2) is 39.1 Å². The third kappa shape index (κ3) is 2.75. The van der Waals surface area contributed by atoms with Crippen LogP contribution in [0.4, 0.5) is 5.13 Å². The lowest BCUT2D eigenvalue weighted by Gasteiger charge is -2.43. The summed E-state index contributed by atoms with van der Waals surface area (Å²) in [6.07, 6.45) is 6.47. The highest BCUT2D eigenvalue weighted by atomic mass is 35.5. The van der Waals surface area contributed by atoms with Crippen molar-refractivity contribution >= 4 is 38.9 Å². The van der Waals surface area contributed by atoms with Crippen molar-refractivity contribution in [2.45, 2.75) is 37.8 Å². The van der Waals surface area contributed by atoms with Crippen molar-refractivity contribution in [2.24, 2.45) is 0 Å². The largest absolute Gasteiger partial charge is 0.350 e.